The first-order valence-electron chi connectivity index (χ1n) is 8.37. The largest absolute Gasteiger partial charge is 0.465 e. The Hall–Kier alpha value is -2.98. The van der Waals surface area contributed by atoms with Crippen LogP contribution in [0.25, 0.3) is 5.69 Å². The van der Waals surface area contributed by atoms with Crippen molar-refractivity contribution < 1.29 is 22.7 Å². The maximum atomic E-state index is 14.5. The quantitative estimate of drug-likeness (QED) is 0.572. The molecule has 0 aliphatic heterocycles. The van der Waals surface area contributed by atoms with Crippen molar-refractivity contribution in [1.29, 1.82) is 0 Å². The number of carboxylic acid groups (broad SMARTS) is 1. The van der Waals surface area contributed by atoms with Gasteiger partial charge in [0.25, 0.3) is 0 Å². The molecule has 2 aromatic heterocycles. The fourth-order valence-corrected chi connectivity index (χ4v) is 4.07. The lowest BCUT2D eigenvalue weighted by atomic mass is 10.2. The molecule has 1 aromatic carbocycles. The third-order valence-electron chi connectivity index (χ3n) is 4.00. The Morgan fingerprint density at radius 1 is 1.28 bits per heavy atom. The number of aryl methyl sites for hydroxylation is 1. The van der Waals surface area contributed by atoms with E-state index < -0.39 is 21.7 Å². The summed E-state index contributed by atoms with van der Waals surface area (Å²) in [6.07, 6.45) is 0.00994. The minimum Gasteiger partial charge on any atom is -0.465 e. The topological polar surface area (TPSA) is 114 Å². The van der Waals surface area contributed by atoms with Gasteiger partial charge in [-0.2, -0.15) is 5.10 Å². The predicted molar refractivity (Wildman–Crippen MR) is 103 cm³/mol. The Balaban J connectivity index is 2.13. The van der Waals surface area contributed by atoms with Gasteiger partial charge in [0.1, 0.15) is 16.7 Å². The van der Waals surface area contributed by atoms with E-state index in [0.29, 0.717) is 5.56 Å². The molecule has 8 nitrogen and oxygen atoms in total. The number of hydrogen-bond acceptors (Lipinski definition) is 5. The standard InChI is InChI=1S/C18H16ClFN4O4S/c1-11-2-4-14(20)15(8-11)24-17(9-12(23-24)6-7-21-18(25)26)29(27,28)13-3-5-16(19)22-10-13/h2-5,8-10,21H,6-7H2,1H3,(H,25,26). The molecule has 0 spiro atoms. The van der Waals surface area contributed by atoms with Crippen molar-refractivity contribution in [2.45, 2.75) is 23.3 Å². The van der Waals surface area contributed by atoms with Crippen LogP contribution in [-0.4, -0.2) is 40.9 Å². The number of carbonyl (C=O) groups is 1. The number of nitrogens with zero attached hydrogens (tertiary/aromatic N) is 3. The molecule has 29 heavy (non-hydrogen) atoms. The van der Waals surface area contributed by atoms with Crippen LogP contribution in [0.4, 0.5) is 9.18 Å². The Kier molecular flexibility index (Phi) is 5.85. The molecule has 0 bridgehead atoms. The molecule has 0 fully saturated rings. The van der Waals surface area contributed by atoms with Gasteiger partial charge in [-0.3, -0.25) is 0 Å². The van der Waals surface area contributed by atoms with E-state index >= 15 is 0 Å². The van der Waals surface area contributed by atoms with Crippen molar-refractivity contribution in [2.75, 3.05) is 6.54 Å². The summed E-state index contributed by atoms with van der Waals surface area (Å²) in [5.41, 5.74) is 0.950. The van der Waals surface area contributed by atoms with Crippen LogP contribution in [0.2, 0.25) is 5.15 Å². The zero-order valence-corrected chi connectivity index (χ0v) is 16.7. The summed E-state index contributed by atoms with van der Waals surface area (Å²) >= 11 is 5.73. The Morgan fingerprint density at radius 3 is 2.69 bits per heavy atom. The summed E-state index contributed by atoms with van der Waals surface area (Å²) < 4.78 is 41.8. The average molecular weight is 439 g/mol. The molecular formula is C18H16ClFN4O4S. The molecule has 2 heterocycles. The Labute approximate surface area is 170 Å². The predicted octanol–water partition coefficient (Wildman–Crippen LogP) is 3.01. The van der Waals surface area contributed by atoms with Crippen molar-refractivity contribution in [3.05, 3.63) is 64.8 Å². The van der Waals surface area contributed by atoms with Crippen LogP contribution in [-0.2, 0) is 16.3 Å². The lowest BCUT2D eigenvalue weighted by Crippen LogP contribution is -2.23. The first-order chi connectivity index (χ1) is 13.7. The lowest BCUT2D eigenvalue weighted by Gasteiger charge is -2.10. The molecular weight excluding hydrogens is 423 g/mol. The van der Waals surface area contributed by atoms with Gasteiger partial charge in [-0.15, -0.1) is 0 Å². The van der Waals surface area contributed by atoms with Crippen LogP contribution in [0.5, 0.6) is 0 Å². The van der Waals surface area contributed by atoms with Crippen LogP contribution < -0.4 is 5.32 Å². The number of sulfone groups is 1. The van der Waals surface area contributed by atoms with E-state index in [2.05, 4.69) is 15.4 Å². The number of pyridine rings is 1. The number of amides is 1. The van der Waals surface area contributed by atoms with Crippen molar-refractivity contribution in [3.63, 3.8) is 0 Å². The summed E-state index contributed by atoms with van der Waals surface area (Å²) in [4.78, 5) is 14.3. The molecule has 0 radical (unpaired) electrons. The number of rotatable bonds is 6. The molecule has 2 N–H and O–H groups in total. The smallest absolute Gasteiger partial charge is 0.404 e. The highest BCUT2D eigenvalue weighted by atomic mass is 35.5. The van der Waals surface area contributed by atoms with Crippen LogP contribution in [0.1, 0.15) is 11.3 Å². The molecule has 0 saturated carbocycles. The molecule has 0 unspecified atom stereocenters. The van der Waals surface area contributed by atoms with Crippen molar-refractivity contribution in [1.82, 2.24) is 20.1 Å². The van der Waals surface area contributed by atoms with Gasteiger partial charge in [0.2, 0.25) is 9.84 Å². The Morgan fingerprint density at radius 2 is 2.03 bits per heavy atom. The number of benzene rings is 1. The van der Waals surface area contributed by atoms with E-state index in [0.717, 1.165) is 10.9 Å². The summed E-state index contributed by atoms with van der Waals surface area (Å²) in [6, 6.07) is 8.16. The molecule has 1 amide bonds. The van der Waals surface area contributed by atoms with Crippen LogP contribution >= 0.6 is 11.6 Å². The normalized spacial score (nSPS) is 11.4. The third-order valence-corrected chi connectivity index (χ3v) is 5.93. The highest BCUT2D eigenvalue weighted by molar-refractivity contribution is 7.91. The molecule has 0 saturated heterocycles. The maximum absolute atomic E-state index is 14.5. The highest BCUT2D eigenvalue weighted by Crippen LogP contribution is 2.26. The van der Waals surface area contributed by atoms with E-state index in [1.807, 2.05) is 0 Å². The first-order valence-corrected chi connectivity index (χ1v) is 10.2. The van der Waals surface area contributed by atoms with E-state index in [-0.39, 0.29) is 39.4 Å². The summed E-state index contributed by atoms with van der Waals surface area (Å²) in [7, 11) is -4.11. The number of hydrogen-bond donors (Lipinski definition) is 2. The maximum Gasteiger partial charge on any atom is 0.404 e. The number of nitrogens with one attached hydrogen (secondary N) is 1. The van der Waals surface area contributed by atoms with Gasteiger partial charge in [-0.25, -0.2) is 27.3 Å². The van der Waals surface area contributed by atoms with Gasteiger partial charge < -0.3 is 10.4 Å². The third kappa shape index (κ3) is 4.54. The molecule has 0 aliphatic carbocycles. The lowest BCUT2D eigenvalue weighted by molar-refractivity contribution is 0.194. The SMILES string of the molecule is Cc1ccc(F)c(-n2nc(CCNC(=O)O)cc2S(=O)(=O)c2ccc(Cl)nc2)c1. The fourth-order valence-electron chi connectivity index (χ4n) is 2.62. The molecule has 0 atom stereocenters. The zero-order valence-electron chi connectivity index (χ0n) is 15.1. The zero-order chi connectivity index (χ0) is 21.2. The number of aromatic nitrogens is 3. The van der Waals surface area contributed by atoms with Crippen LogP contribution in [0, 0.1) is 12.7 Å². The van der Waals surface area contributed by atoms with E-state index in [4.69, 9.17) is 16.7 Å². The fraction of sp³-hybridized carbons (Fsp3) is 0.167. The van der Waals surface area contributed by atoms with Gasteiger partial charge in [-0.05, 0) is 42.8 Å². The molecule has 152 valence electrons. The molecule has 11 heteroatoms. The minimum atomic E-state index is -4.11. The second-order valence-corrected chi connectivity index (χ2v) is 8.43. The van der Waals surface area contributed by atoms with Gasteiger partial charge in [-0.1, -0.05) is 17.7 Å². The van der Waals surface area contributed by atoms with Crippen molar-refractivity contribution in [3.8, 4) is 5.69 Å². The van der Waals surface area contributed by atoms with Gasteiger partial charge in [0.05, 0.1) is 10.6 Å². The van der Waals surface area contributed by atoms with Crippen molar-refractivity contribution >= 4 is 27.5 Å². The van der Waals surface area contributed by atoms with E-state index in [1.165, 1.54) is 30.3 Å². The summed E-state index contributed by atoms with van der Waals surface area (Å²) in [5.74, 6) is -0.653. The van der Waals surface area contributed by atoms with E-state index in [1.54, 1.807) is 13.0 Å². The summed E-state index contributed by atoms with van der Waals surface area (Å²) in [5, 5.41) is 14.9. The monoisotopic (exact) mass is 438 g/mol. The molecule has 3 aromatic rings. The molecule has 3 rings (SSSR count). The number of halogens is 2. The second kappa shape index (κ2) is 8.18. The van der Waals surface area contributed by atoms with Crippen molar-refractivity contribution in [2.24, 2.45) is 0 Å². The van der Waals surface area contributed by atoms with E-state index in [9.17, 15) is 17.6 Å². The molecule has 0 aliphatic rings. The summed E-state index contributed by atoms with van der Waals surface area (Å²) in [6.45, 7) is 1.76. The minimum absolute atomic E-state index is 0.0185. The first kappa shape index (κ1) is 20.7. The average Bonchev–Trinajstić information content (AvgIpc) is 3.08. The van der Waals surface area contributed by atoms with Gasteiger partial charge in [0.15, 0.2) is 5.03 Å². The van der Waals surface area contributed by atoms with Crippen LogP contribution in [0.3, 0.4) is 0 Å². The second-order valence-electron chi connectivity index (χ2n) is 6.14. The highest BCUT2D eigenvalue weighted by Gasteiger charge is 2.26. The van der Waals surface area contributed by atoms with Gasteiger partial charge >= 0.3 is 6.09 Å². The van der Waals surface area contributed by atoms with Crippen LogP contribution in [0.15, 0.2) is 52.5 Å². The van der Waals surface area contributed by atoms with Gasteiger partial charge in [0, 0.05) is 19.2 Å². The Bertz CT molecular complexity index is 1160.